The Morgan fingerprint density at radius 2 is 2.16 bits per heavy atom. The van der Waals surface area contributed by atoms with Crippen molar-refractivity contribution < 1.29 is 0 Å². The third-order valence-corrected chi connectivity index (χ3v) is 3.31. The first kappa shape index (κ1) is 12.0. The van der Waals surface area contributed by atoms with Gasteiger partial charge in [-0.15, -0.1) is 0 Å². The molecule has 5 heteroatoms. The smallest absolute Gasteiger partial charge is 0.160 e. The van der Waals surface area contributed by atoms with E-state index in [1.165, 1.54) is 0 Å². The Morgan fingerprint density at radius 3 is 2.95 bits per heavy atom. The summed E-state index contributed by atoms with van der Waals surface area (Å²) in [6, 6.07) is 9.23. The van der Waals surface area contributed by atoms with Crippen molar-refractivity contribution in [2.45, 2.75) is 13.5 Å². The predicted octanol–water partition coefficient (Wildman–Crippen LogP) is 3.35. The van der Waals surface area contributed by atoms with Crippen molar-refractivity contribution in [2.75, 3.05) is 5.73 Å². The van der Waals surface area contributed by atoms with Gasteiger partial charge in [-0.1, -0.05) is 11.6 Å². The zero-order valence-electron chi connectivity index (χ0n) is 10.5. The molecule has 2 aromatic heterocycles. The maximum atomic E-state index is 6.05. The van der Waals surface area contributed by atoms with Gasteiger partial charge in [-0.2, -0.15) is 0 Å². The Morgan fingerprint density at radius 1 is 1.32 bits per heavy atom. The first-order chi connectivity index (χ1) is 9.20. The van der Waals surface area contributed by atoms with Crippen molar-refractivity contribution in [1.29, 1.82) is 0 Å². The lowest BCUT2D eigenvalue weighted by Gasteiger charge is -2.08. The van der Waals surface area contributed by atoms with Gasteiger partial charge in [-0.3, -0.25) is 0 Å². The molecule has 0 amide bonds. The molecule has 0 aliphatic carbocycles. The van der Waals surface area contributed by atoms with E-state index < -0.39 is 0 Å². The van der Waals surface area contributed by atoms with Crippen LogP contribution in [0.4, 0.5) is 5.69 Å². The van der Waals surface area contributed by atoms with Crippen LogP contribution in [-0.4, -0.2) is 14.5 Å². The third-order valence-electron chi connectivity index (χ3n) is 3.08. The number of hydrogen-bond acceptors (Lipinski definition) is 3. The van der Waals surface area contributed by atoms with Crippen molar-refractivity contribution in [2.24, 2.45) is 0 Å². The van der Waals surface area contributed by atoms with Crippen LogP contribution in [0.5, 0.6) is 0 Å². The van der Waals surface area contributed by atoms with Crippen molar-refractivity contribution in [3.63, 3.8) is 0 Å². The fourth-order valence-electron chi connectivity index (χ4n) is 2.19. The van der Waals surface area contributed by atoms with Gasteiger partial charge in [0.1, 0.15) is 11.3 Å². The molecule has 0 saturated carbocycles. The maximum Gasteiger partial charge on any atom is 0.160 e. The molecule has 3 rings (SSSR count). The zero-order valence-corrected chi connectivity index (χ0v) is 11.2. The predicted molar refractivity (Wildman–Crippen MR) is 78.1 cm³/mol. The first-order valence-electron chi connectivity index (χ1n) is 6.07. The van der Waals surface area contributed by atoms with E-state index in [4.69, 9.17) is 17.3 Å². The Bertz CT molecular complexity index is 748. The summed E-state index contributed by atoms with van der Waals surface area (Å²) in [7, 11) is 0. The molecule has 0 aliphatic rings. The molecular formula is C14H13ClN4. The molecule has 0 spiro atoms. The van der Waals surface area contributed by atoms with E-state index in [2.05, 4.69) is 16.9 Å². The minimum absolute atomic E-state index is 0.645. The summed E-state index contributed by atoms with van der Waals surface area (Å²) in [5.74, 6) is 0.802. The van der Waals surface area contributed by atoms with Crippen LogP contribution in [0.2, 0.25) is 5.02 Å². The molecule has 0 saturated heterocycles. The van der Waals surface area contributed by atoms with Gasteiger partial charge in [-0.25, -0.2) is 9.97 Å². The molecular weight excluding hydrogens is 260 g/mol. The largest absolute Gasteiger partial charge is 0.398 e. The lowest BCUT2D eigenvalue weighted by atomic mass is 10.1. The topological polar surface area (TPSA) is 56.7 Å². The van der Waals surface area contributed by atoms with E-state index in [1.54, 1.807) is 18.3 Å². The standard InChI is InChI=1S/C14H13ClN4/c1-2-19-13(10-8-9(15)5-6-11(10)16)18-12-4-3-7-17-14(12)19/h3-8H,2,16H2,1H3. The second-order valence-corrected chi connectivity index (χ2v) is 4.69. The highest BCUT2D eigenvalue weighted by molar-refractivity contribution is 6.31. The second-order valence-electron chi connectivity index (χ2n) is 4.26. The van der Waals surface area contributed by atoms with Crippen LogP contribution < -0.4 is 5.73 Å². The Hall–Kier alpha value is -2.07. The van der Waals surface area contributed by atoms with Crippen LogP contribution >= 0.6 is 11.6 Å². The van der Waals surface area contributed by atoms with E-state index in [0.29, 0.717) is 10.7 Å². The van der Waals surface area contributed by atoms with Crippen molar-refractivity contribution >= 4 is 28.5 Å². The Balaban J connectivity index is 2.33. The second kappa shape index (κ2) is 4.55. The average Bonchev–Trinajstić information content (AvgIpc) is 2.79. The number of anilines is 1. The zero-order chi connectivity index (χ0) is 13.4. The van der Waals surface area contributed by atoms with Crippen LogP contribution in [-0.2, 0) is 6.54 Å². The Kier molecular flexibility index (Phi) is 2.87. The number of nitrogen functional groups attached to an aromatic ring is 1. The van der Waals surface area contributed by atoms with E-state index >= 15 is 0 Å². The number of halogens is 1. The summed E-state index contributed by atoms with van der Waals surface area (Å²) in [5.41, 5.74) is 9.26. The highest BCUT2D eigenvalue weighted by atomic mass is 35.5. The van der Waals surface area contributed by atoms with Gasteiger partial charge in [0, 0.05) is 29.0 Å². The van der Waals surface area contributed by atoms with Crippen molar-refractivity contribution in [3.8, 4) is 11.4 Å². The molecule has 96 valence electrons. The monoisotopic (exact) mass is 272 g/mol. The third kappa shape index (κ3) is 1.94. The molecule has 0 bridgehead atoms. The summed E-state index contributed by atoms with van der Waals surface area (Å²) < 4.78 is 2.04. The van der Waals surface area contributed by atoms with Crippen molar-refractivity contribution in [3.05, 3.63) is 41.6 Å². The number of fused-ring (bicyclic) bond motifs is 1. The molecule has 1 aromatic carbocycles. The average molecular weight is 273 g/mol. The van der Waals surface area contributed by atoms with Gasteiger partial charge < -0.3 is 10.3 Å². The number of imidazole rings is 1. The normalized spacial score (nSPS) is 11.1. The van der Waals surface area contributed by atoms with Gasteiger partial charge in [-0.05, 0) is 37.3 Å². The minimum atomic E-state index is 0.645. The first-order valence-corrected chi connectivity index (χ1v) is 6.45. The molecule has 0 atom stereocenters. The molecule has 2 heterocycles. The van der Waals surface area contributed by atoms with E-state index in [-0.39, 0.29) is 0 Å². The van der Waals surface area contributed by atoms with E-state index in [9.17, 15) is 0 Å². The lowest BCUT2D eigenvalue weighted by molar-refractivity contribution is 0.787. The summed E-state index contributed by atoms with van der Waals surface area (Å²) in [4.78, 5) is 8.99. The quantitative estimate of drug-likeness (QED) is 0.728. The fourth-order valence-corrected chi connectivity index (χ4v) is 2.36. The minimum Gasteiger partial charge on any atom is -0.398 e. The molecule has 0 unspecified atom stereocenters. The van der Waals surface area contributed by atoms with E-state index in [0.717, 1.165) is 29.1 Å². The number of benzene rings is 1. The molecule has 0 fully saturated rings. The molecule has 4 nitrogen and oxygen atoms in total. The number of nitrogens with zero attached hydrogens (tertiary/aromatic N) is 3. The van der Waals surface area contributed by atoms with Crippen molar-refractivity contribution in [1.82, 2.24) is 14.5 Å². The summed E-state index contributed by atoms with van der Waals surface area (Å²) in [5, 5.41) is 0.645. The van der Waals surface area contributed by atoms with Gasteiger partial charge >= 0.3 is 0 Å². The van der Waals surface area contributed by atoms with E-state index in [1.807, 2.05) is 22.8 Å². The highest BCUT2D eigenvalue weighted by Gasteiger charge is 2.14. The molecule has 19 heavy (non-hydrogen) atoms. The molecule has 3 aromatic rings. The van der Waals surface area contributed by atoms with Crippen LogP contribution in [0, 0.1) is 0 Å². The maximum absolute atomic E-state index is 6.05. The summed E-state index contributed by atoms with van der Waals surface area (Å²) in [6.45, 7) is 2.83. The SMILES string of the molecule is CCn1c(-c2cc(Cl)ccc2N)nc2cccnc21. The van der Waals surface area contributed by atoms with Crippen LogP contribution in [0.3, 0.4) is 0 Å². The number of aromatic nitrogens is 3. The fraction of sp³-hybridized carbons (Fsp3) is 0.143. The number of aryl methyl sites for hydroxylation is 1. The number of hydrogen-bond donors (Lipinski definition) is 1. The summed E-state index contributed by atoms with van der Waals surface area (Å²) >= 11 is 6.05. The Labute approximate surface area is 115 Å². The molecule has 0 aliphatic heterocycles. The van der Waals surface area contributed by atoms with Crippen LogP contribution in [0.1, 0.15) is 6.92 Å². The van der Waals surface area contributed by atoms with Gasteiger partial charge in [0.2, 0.25) is 0 Å². The number of pyridine rings is 1. The summed E-state index contributed by atoms with van der Waals surface area (Å²) in [6.07, 6.45) is 1.77. The van der Waals surface area contributed by atoms with Gasteiger partial charge in [0.25, 0.3) is 0 Å². The molecule has 0 radical (unpaired) electrons. The lowest BCUT2D eigenvalue weighted by Crippen LogP contribution is -2.00. The van der Waals surface area contributed by atoms with Gasteiger partial charge in [0.15, 0.2) is 5.65 Å². The highest BCUT2D eigenvalue weighted by Crippen LogP contribution is 2.30. The van der Waals surface area contributed by atoms with Gasteiger partial charge in [0.05, 0.1) is 0 Å². The molecule has 2 N–H and O–H groups in total. The van der Waals surface area contributed by atoms with Crippen LogP contribution in [0.15, 0.2) is 36.5 Å². The van der Waals surface area contributed by atoms with Crippen LogP contribution in [0.25, 0.3) is 22.6 Å². The number of nitrogens with two attached hydrogens (primary N) is 1. The number of rotatable bonds is 2.